The molecule has 1 aliphatic heterocycles. The molecule has 0 saturated carbocycles. The Kier molecular flexibility index (Phi) is 4.48. The fourth-order valence-corrected chi connectivity index (χ4v) is 2.03. The third-order valence-corrected chi connectivity index (χ3v) is 3.12. The van der Waals surface area contributed by atoms with Crippen molar-refractivity contribution in [2.75, 3.05) is 38.0 Å². The van der Waals surface area contributed by atoms with Crippen molar-refractivity contribution in [3.63, 3.8) is 0 Å². The van der Waals surface area contributed by atoms with E-state index in [9.17, 15) is 9.18 Å². The molecule has 0 radical (unpaired) electrons. The second-order valence-corrected chi connectivity index (χ2v) is 4.88. The number of amides is 1. The highest BCUT2D eigenvalue weighted by atomic mass is 79.9. The predicted octanol–water partition coefficient (Wildman–Crippen LogP) is 0.827. The van der Waals surface area contributed by atoms with Crippen LogP contribution in [0.1, 0.15) is 0 Å². The summed E-state index contributed by atoms with van der Waals surface area (Å²) in [5, 5.41) is 5.89. The van der Waals surface area contributed by atoms with E-state index in [4.69, 9.17) is 0 Å². The van der Waals surface area contributed by atoms with E-state index in [0.717, 1.165) is 13.1 Å². The van der Waals surface area contributed by atoms with E-state index in [1.165, 1.54) is 12.3 Å². The molecule has 18 heavy (non-hydrogen) atoms. The van der Waals surface area contributed by atoms with Gasteiger partial charge in [0.15, 0.2) is 11.6 Å². The van der Waals surface area contributed by atoms with Crippen molar-refractivity contribution in [1.82, 2.24) is 15.2 Å². The standard InChI is InChI=1S/C11H14BrFN4O/c12-8-5-9(13)11(15-6-8)16-7-10(18)17-3-1-14-2-4-17/h5-6,14H,1-4,7H2,(H,15,16). The van der Waals surface area contributed by atoms with Crippen molar-refractivity contribution in [2.45, 2.75) is 0 Å². The Morgan fingerprint density at radius 2 is 2.28 bits per heavy atom. The first-order valence-corrected chi connectivity index (χ1v) is 6.49. The zero-order valence-electron chi connectivity index (χ0n) is 9.75. The van der Waals surface area contributed by atoms with Gasteiger partial charge in [0.2, 0.25) is 5.91 Å². The van der Waals surface area contributed by atoms with Crippen molar-refractivity contribution in [3.05, 3.63) is 22.6 Å². The monoisotopic (exact) mass is 316 g/mol. The predicted molar refractivity (Wildman–Crippen MR) is 69.8 cm³/mol. The van der Waals surface area contributed by atoms with E-state index in [1.807, 2.05) is 0 Å². The topological polar surface area (TPSA) is 57.3 Å². The minimum Gasteiger partial charge on any atom is -0.359 e. The number of piperazine rings is 1. The van der Waals surface area contributed by atoms with Gasteiger partial charge in [0, 0.05) is 36.8 Å². The Morgan fingerprint density at radius 1 is 1.56 bits per heavy atom. The maximum atomic E-state index is 13.5. The number of nitrogens with zero attached hydrogens (tertiary/aromatic N) is 2. The van der Waals surface area contributed by atoms with E-state index in [-0.39, 0.29) is 18.3 Å². The van der Waals surface area contributed by atoms with Crippen LogP contribution >= 0.6 is 15.9 Å². The van der Waals surface area contributed by atoms with E-state index in [0.29, 0.717) is 17.6 Å². The molecule has 1 aromatic rings. The van der Waals surface area contributed by atoms with E-state index < -0.39 is 5.82 Å². The zero-order chi connectivity index (χ0) is 13.0. The highest BCUT2D eigenvalue weighted by Gasteiger charge is 2.16. The van der Waals surface area contributed by atoms with Crippen LogP contribution in [0.3, 0.4) is 0 Å². The Hall–Kier alpha value is -1.21. The van der Waals surface area contributed by atoms with E-state index in [1.54, 1.807) is 4.90 Å². The lowest BCUT2D eigenvalue weighted by atomic mass is 10.3. The van der Waals surface area contributed by atoms with Crippen LogP contribution in [0.15, 0.2) is 16.7 Å². The fraction of sp³-hybridized carbons (Fsp3) is 0.455. The highest BCUT2D eigenvalue weighted by molar-refractivity contribution is 9.10. The van der Waals surface area contributed by atoms with Gasteiger partial charge in [-0.2, -0.15) is 0 Å². The zero-order valence-corrected chi connectivity index (χ0v) is 11.3. The summed E-state index contributed by atoms with van der Waals surface area (Å²) in [7, 11) is 0. The van der Waals surface area contributed by atoms with Crippen molar-refractivity contribution in [2.24, 2.45) is 0 Å². The van der Waals surface area contributed by atoms with Crippen LogP contribution in [-0.4, -0.2) is 48.5 Å². The number of rotatable bonds is 3. The number of pyridine rings is 1. The molecule has 0 aliphatic carbocycles. The third kappa shape index (κ3) is 3.39. The lowest BCUT2D eigenvalue weighted by molar-refractivity contribution is -0.129. The van der Waals surface area contributed by atoms with E-state index in [2.05, 4.69) is 31.5 Å². The summed E-state index contributed by atoms with van der Waals surface area (Å²) >= 11 is 3.13. The van der Waals surface area contributed by atoms with Gasteiger partial charge in [-0.1, -0.05) is 0 Å². The van der Waals surface area contributed by atoms with Gasteiger partial charge in [0.1, 0.15) is 0 Å². The Morgan fingerprint density at radius 3 is 2.94 bits per heavy atom. The first kappa shape index (κ1) is 13.2. The molecule has 1 aliphatic rings. The molecule has 98 valence electrons. The number of carbonyl (C=O) groups excluding carboxylic acids is 1. The van der Waals surface area contributed by atoms with Crippen molar-refractivity contribution < 1.29 is 9.18 Å². The molecule has 2 heterocycles. The molecule has 1 amide bonds. The highest BCUT2D eigenvalue weighted by Crippen LogP contribution is 2.15. The average molecular weight is 317 g/mol. The van der Waals surface area contributed by atoms with Gasteiger partial charge in [-0.05, 0) is 22.0 Å². The molecular formula is C11H14BrFN4O. The molecule has 0 bridgehead atoms. The first-order valence-electron chi connectivity index (χ1n) is 5.70. The third-order valence-electron chi connectivity index (χ3n) is 2.68. The largest absolute Gasteiger partial charge is 0.359 e. The lowest BCUT2D eigenvalue weighted by Gasteiger charge is -2.27. The Balaban J connectivity index is 1.88. The van der Waals surface area contributed by atoms with Gasteiger partial charge in [-0.15, -0.1) is 0 Å². The van der Waals surface area contributed by atoms with Gasteiger partial charge in [0.25, 0.3) is 0 Å². The van der Waals surface area contributed by atoms with Crippen LogP contribution in [-0.2, 0) is 4.79 Å². The first-order chi connectivity index (χ1) is 8.66. The van der Waals surface area contributed by atoms with Crippen LogP contribution in [0.5, 0.6) is 0 Å². The lowest BCUT2D eigenvalue weighted by Crippen LogP contribution is -2.48. The van der Waals surface area contributed by atoms with E-state index >= 15 is 0 Å². The molecule has 0 spiro atoms. The maximum Gasteiger partial charge on any atom is 0.242 e. The molecule has 1 aromatic heterocycles. The number of anilines is 1. The van der Waals surface area contributed by atoms with Crippen molar-refractivity contribution in [3.8, 4) is 0 Å². The fourth-order valence-electron chi connectivity index (χ4n) is 1.73. The normalized spacial score (nSPS) is 15.6. The molecule has 1 saturated heterocycles. The second-order valence-electron chi connectivity index (χ2n) is 3.97. The smallest absolute Gasteiger partial charge is 0.242 e. The van der Waals surface area contributed by atoms with Crippen LogP contribution in [0.2, 0.25) is 0 Å². The molecule has 7 heteroatoms. The summed E-state index contributed by atoms with van der Waals surface area (Å²) in [6.07, 6.45) is 1.49. The minimum atomic E-state index is -0.475. The van der Waals surface area contributed by atoms with Crippen LogP contribution in [0.4, 0.5) is 10.2 Å². The summed E-state index contributed by atoms with van der Waals surface area (Å²) in [6.45, 7) is 3.05. The molecule has 5 nitrogen and oxygen atoms in total. The van der Waals surface area contributed by atoms with Gasteiger partial charge in [-0.3, -0.25) is 4.79 Å². The van der Waals surface area contributed by atoms with Gasteiger partial charge in [0.05, 0.1) is 6.54 Å². The van der Waals surface area contributed by atoms with Crippen LogP contribution in [0, 0.1) is 5.82 Å². The number of carbonyl (C=O) groups is 1. The molecule has 0 aromatic carbocycles. The van der Waals surface area contributed by atoms with Crippen LogP contribution < -0.4 is 10.6 Å². The minimum absolute atomic E-state index is 0.0411. The second kappa shape index (κ2) is 6.10. The summed E-state index contributed by atoms with van der Waals surface area (Å²) in [6, 6.07) is 1.31. The van der Waals surface area contributed by atoms with Crippen molar-refractivity contribution in [1.29, 1.82) is 0 Å². The number of aromatic nitrogens is 1. The Bertz CT molecular complexity index is 437. The summed E-state index contributed by atoms with van der Waals surface area (Å²) in [4.78, 5) is 17.5. The summed E-state index contributed by atoms with van der Waals surface area (Å²) in [5.74, 6) is -0.417. The number of halogens is 2. The quantitative estimate of drug-likeness (QED) is 0.867. The molecular weight excluding hydrogens is 303 g/mol. The van der Waals surface area contributed by atoms with Crippen LogP contribution in [0.25, 0.3) is 0 Å². The Labute approximate surface area is 113 Å². The summed E-state index contributed by atoms with van der Waals surface area (Å²) in [5.41, 5.74) is 0. The van der Waals surface area contributed by atoms with Gasteiger partial charge < -0.3 is 15.5 Å². The molecule has 0 unspecified atom stereocenters. The molecule has 1 fully saturated rings. The molecule has 2 N–H and O–H groups in total. The molecule has 0 atom stereocenters. The maximum absolute atomic E-state index is 13.5. The average Bonchev–Trinajstić information content (AvgIpc) is 2.38. The summed E-state index contributed by atoms with van der Waals surface area (Å²) < 4.78 is 14.0. The SMILES string of the molecule is O=C(CNc1ncc(Br)cc1F)N1CCNCC1. The number of hydrogen-bond acceptors (Lipinski definition) is 4. The molecule has 2 rings (SSSR count). The van der Waals surface area contributed by atoms with Gasteiger partial charge in [-0.25, -0.2) is 9.37 Å². The van der Waals surface area contributed by atoms with Crippen molar-refractivity contribution >= 4 is 27.7 Å². The number of hydrogen-bond donors (Lipinski definition) is 2. The van der Waals surface area contributed by atoms with Gasteiger partial charge >= 0.3 is 0 Å². The number of nitrogens with one attached hydrogen (secondary N) is 2.